The van der Waals surface area contributed by atoms with Gasteiger partial charge in [0.1, 0.15) is 0 Å². The highest BCUT2D eigenvalue weighted by Gasteiger charge is 2.24. The molecule has 0 unspecified atom stereocenters. The van der Waals surface area contributed by atoms with Crippen molar-refractivity contribution in [3.63, 3.8) is 0 Å². The minimum atomic E-state index is 0.520. The molecule has 4 heteroatoms. The van der Waals surface area contributed by atoms with E-state index in [1.165, 1.54) is 32.1 Å². The van der Waals surface area contributed by atoms with Crippen LogP contribution < -0.4 is 0 Å². The van der Waals surface area contributed by atoms with Gasteiger partial charge in [0.25, 0.3) is 0 Å². The van der Waals surface area contributed by atoms with E-state index in [4.69, 9.17) is 16.1 Å². The SMILES string of the molecule is CCC1CCC(c2noc(CCCCl)n2)CC1. The first-order valence-corrected chi connectivity index (χ1v) is 7.25. The molecule has 1 heterocycles. The van der Waals surface area contributed by atoms with Gasteiger partial charge in [0.05, 0.1) is 0 Å². The molecule has 1 fully saturated rings. The molecule has 1 saturated carbocycles. The van der Waals surface area contributed by atoms with Gasteiger partial charge in [0.15, 0.2) is 5.82 Å². The van der Waals surface area contributed by atoms with Gasteiger partial charge >= 0.3 is 0 Å². The Morgan fingerprint density at radius 1 is 1.29 bits per heavy atom. The molecule has 0 aliphatic heterocycles. The van der Waals surface area contributed by atoms with E-state index in [0.717, 1.165) is 30.5 Å². The number of halogens is 1. The second kappa shape index (κ2) is 6.39. The normalized spacial score (nSPS) is 25.1. The minimum Gasteiger partial charge on any atom is -0.339 e. The lowest BCUT2D eigenvalue weighted by Gasteiger charge is -2.25. The summed E-state index contributed by atoms with van der Waals surface area (Å²) in [5, 5.41) is 4.11. The molecule has 0 spiro atoms. The number of hydrogen-bond acceptors (Lipinski definition) is 3. The Hall–Kier alpha value is -0.570. The van der Waals surface area contributed by atoms with E-state index in [2.05, 4.69) is 17.1 Å². The van der Waals surface area contributed by atoms with Gasteiger partial charge in [-0.2, -0.15) is 4.98 Å². The summed E-state index contributed by atoms with van der Waals surface area (Å²) in [5.41, 5.74) is 0. The first-order valence-electron chi connectivity index (χ1n) is 6.72. The fourth-order valence-corrected chi connectivity index (χ4v) is 2.72. The van der Waals surface area contributed by atoms with E-state index in [1.54, 1.807) is 0 Å². The van der Waals surface area contributed by atoms with Crippen molar-refractivity contribution in [2.75, 3.05) is 5.88 Å². The van der Waals surface area contributed by atoms with Crippen LogP contribution in [0, 0.1) is 5.92 Å². The molecule has 0 saturated heterocycles. The summed E-state index contributed by atoms with van der Waals surface area (Å²) in [5.74, 6) is 3.75. The number of alkyl halides is 1. The quantitative estimate of drug-likeness (QED) is 0.750. The predicted octanol–water partition coefficient (Wildman–Crippen LogP) is 3.92. The van der Waals surface area contributed by atoms with E-state index < -0.39 is 0 Å². The van der Waals surface area contributed by atoms with E-state index >= 15 is 0 Å². The molecule has 3 nitrogen and oxygen atoms in total. The number of hydrogen-bond donors (Lipinski definition) is 0. The lowest BCUT2D eigenvalue weighted by molar-refractivity contribution is 0.303. The predicted molar refractivity (Wildman–Crippen MR) is 68.3 cm³/mol. The zero-order valence-corrected chi connectivity index (χ0v) is 11.2. The summed E-state index contributed by atoms with van der Waals surface area (Å²) in [6, 6.07) is 0. The van der Waals surface area contributed by atoms with Gasteiger partial charge < -0.3 is 4.52 Å². The van der Waals surface area contributed by atoms with Crippen LogP contribution >= 0.6 is 11.6 Å². The van der Waals surface area contributed by atoms with E-state index in [-0.39, 0.29) is 0 Å². The Labute approximate surface area is 108 Å². The fraction of sp³-hybridized carbons (Fsp3) is 0.846. The fourth-order valence-electron chi connectivity index (χ4n) is 2.58. The topological polar surface area (TPSA) is 38.9 Å². The van der Waals surface area contributed by atoms with Gasteiger partial charge in [-0.25, -0.2) is 0 Å². The molecule has 2 rings (SSSR count). The average molecular weight is 257 g/mol. The maximum absolute atomic E-state index is 5.65. The van der Waals surface area contributed by atoms with Crippen LogP contribution in [0.25, 0.3) is 0 Å². The molecular formula is C13H21ClN2O. The van der Waals surface area contributed by atoms with Gasteiger partial charge in [-0.05, 0) is 38.0 Å². The number of rotatable bonds is 5. The lowest BCUT2D eigenvalue weighted by atomic mass is 9.80. The van der Waals surface area contributed by atoms with Crippen LogP contribution in [0.5, 0.6) is 0 Å². The van der Waals surface area contributed by atoms with E-state index in [1.807, 2.05) is 0 Å². The first-order chi connectivity index (χ1) is 8.33. The maximum Gasteiger partial charge on any atom is 0.226 e. The molecule has 0 N–H and O–H groups in total. The van der Waals surface area contributed by atoms with Gasteiger partial charge in [-0.1, -0.05) is 18.5 Å². The smallest absolute Gasteiger partial charge is 0.226 e. The lowest BCUT2D eigenvalue weighted by Crippen LogP contribution is -2.13. The molecule has 96 valence electrons. The monoisotopic (exact) mass is 256 g/mol. The molecule has 0 amide bonds. The largest absolute Gasteiger partial charge is 0.339 e. The van der Waals surface area contributed by atoms with Crippen LogP contribution in [0.3, 0.4) is 0 Å². The van der Waals surface area contributed by atoms with Crippen LogP contribution in [0.1, 0.15) is 63.1 Å². The summed E-state index contributed by atoms with van der Waals surface area (Å²) in [7, 11) is 0. The summed E-state index contributed by atoms with van der Waals surface area (Å²) in [6.07, 6.45) is 8.08. The van der Waals surface area contributed by atoms with Gasteiger partial charge in [-0.3, -0.25) is 0 Å². The maximum atomic E-state index is 5.65. The van der Waals surface area contributed by atoms with Crippen molar-refractivity contribution in [2.45, 2.75) is 57.8 Å². The first kappa shape index (κ1) is 12.9. The number of nitrogens with zero attached hydrogens (tertiary/aromatic N) is 2. The second-order valence-corrected chi connectivity index (χ2v) is 5.34. The third-order valence-corrected chi connectivity index (χ3v) is 4.06. The van der Waals surface area contributed by atoms with Crippen molar-refractivity contribution < 1.29 is 4.52 Å². The molecule has 0 radical (unpaired) electrons. The zero-order chi connectivity index (χ0) is 12.1. The summed E-state index contributed by atoms with van der Waals surface area (Å²) in [4.78, 5) is 4.49. The van der Waals surface area contributed by atoms with Crippen LogP contribution in [-0.2, 0) is 6.42 Å². The van der Waals surface area contributed by atoms with Crippen molar-refractivity contribution in [2.24, 2.45) is 5.92 Å². The Kier molecular flexibility index (Phi) is 4.84. The highest BCUT2D eigenvalue weighted by molar-refractivity contribution is 6.17. The molecule has 0 atom stereocenters. The van der Waals surface area contributed by atoms with Gasteiger partial charge in [0.2, 0.25) is 5.89 Å². The molecular weight excluding hydrogens is 236 g/mol. The zero-order valence-electron chi connectivity index (χ0n) is 10.5. The van der Waals surface area contributed by atoms with Crippen molar-refractivity contribution in [1.82, 2.24) is 10.1 Å². The molecule has 1 aliphatic rings. The molecule has 1 aliphatic carbocycles. The minimum absolute atomic E-state index is 0.520. The van der Waals surface area contributed by atoms with Crippen molar-refractivity contribution >= 4 is 11.6 Å². The molecule has 0 aromatic carbocycles. The van der Waals surface area contributed by atoms with E-state index in [0.29, 0.717) is 11.8 Å². The van der Waals surface area contributed by atoms with Gasteiger partial charge in [-0.15, -0.1) is 11.6 Å². The molecule has 17 heavy (non-hydrogen) atoms. The Bertz CT molecular complexity index is 332. The van der Waals surface area contributed by atoms with Crippen molar-refractivity contribution in [3.05, 3.63) is 11.7 Å². The Morgan fingerprint density at radius 2 is 2.06 bits per heavy atom. The third kappa shape index (κ3) is 3.44. The van der Waals surface area contributed by atoms with Gasteiger partial charge in [0, 0.05) is 18.2 Å². The summed E-state index contributed by atoms with van der Waals surface area (Å²) >= 11 is 5.65. The molecule has 1 aromatic heterocycles. The van der Waals surface area contributed by atoms with Crippen LogP contribution in [-0.4, -0.2) is 16.0 Å². The number of aromatic nitrogens is 2. The highest BCUT2D eigenvalue weighted by Crippen LogP contribution is 2.35. The van der Waals surface area contributed by atoms with Crippen LogP contribution in [0.15, 0.2) is 4.52 Å². The number of aryl methyl sites for hydroxylation is 1. The standard InChI is InChI=1S/C13H21ClN2O/c1-2-10-5-7-11(8-6-10)13-15-12(17-16-13)4-3-9-14/h10-11H,2-9H2,1H3. The Morgan fingerprint density at radius 3 is 2.71 bits per heavy atom. The summed E-state index contributed by atoms with van der Waals surface area (Å²) in [6.45, 7) is 2.28. The van der Waals surface area contributed by atoms with Crippen LogP contribution in [0.2, 0.25) is 0 Å². The molecule has 0 bridgehead atoms. The van der Waals surface area contributed by atoms with Crippen LogP contribution in [0.4, 0.5) is 0 Å². The molecule has 1 aromatic rings. The van der Waals surface area contributed by atoms with E-state index in [9.17, 15) is 0 Å². The second-order valence-electron chi connectivity index (χ2n) is 4.96. The average Bonchev–Trinajstić information content (AvgIpc) is 2.85. The third-order valence-electron chi connectivity index (χ3n) is 3.80. The highest BCUT2D eigenvalue weighted by atomic mass is 35.5. The van der Waals surface area contributed by atoms with Crippen molar-refractivity contribution in [3.8, 4) is 0 Å². The Balaban J connectivity index is 1.87. The summed E-state index contributed by atoms with van der Waals surface area (Å²) < 4.78 is 5.25. The van der Waals surface area contributed by atoms with Crippen molar-refractivity contribution in [1.29, 1.82) is 0 Å².